The van der Waals surface area contributed by atoms with Crippen molar-refractivity contribution in [2.75, 3.05) is 0 Å². The summed E-state index contributed by atoms with van der Waals surface area (Å²) in [4.78, 5) is 0. The fourth-order valence-electron chi connectivity index (χ4n) is 0. The van der Waals surface area contributed by atoms with Crippen LogP contribution in [0.15, 0.2) is 0 Å². The topological polar surface area (TPSA) is 0 Å². The molecule has 0 aromatic carbocycles. The van der Waals surface area contributed by atoms with Crippen molar-refractivity contribution < 1.29 is 0 Å². The molecule has 0 N–H and O–H groups in total. The molecule has 0 saturated heterocycles. The fraction of sp³-hybridized carbons (Fsp3) is 0.500. The average Bonchev–Trinajstić information content (AvgIpc) is 1.37. The van der Waals surface area contributed by atoms with Gasteiger partial charge in [0.1, 0.15) is 0 Å². The molecule has 0 heterocycles. The van der Waals surface area contributed by atoms with Gasteiger partial charge in [-0.2, -0.15) is 0 Å². The van der Waals surface area contributed by atoms with E-state index in [1.165, 1.54) is 0 Å². The molecule has 0 aromatic rings. The normalized spacial score (nSPS) is 3.33. The summed E-state index contributed by atoms with van der Waals surface area (Å²) >= 11 is 0. The lowest BCUT2D eigenvalue weighted by Crippen LogP contribution is -1.38. The molecule has 0 saturated carbocycles. The number of hydrogen-bond donors (Lipinski definition) is 0. The zero-order valence-electron chi connectivity index (χ0n) is 3.19. The van der Waals surface area contributed by atoms with Gasteiger partial charge in [0.25, 0.3) is 0 Å². The van der Waals surface area contributed by atoms with Gasteiger partial charge in [0.2, 0.25) is 0 Å². The highest BCUT2D eigenvalue weighted by molar-refractivity contribution is 5.85. The molecule has 2 heteroatoms. The summed E-state index contributed by atoms with van der Waals surface area (Å²) in [5.74, 6) is 2.43. The number of rotatable bonds is 0. The molecular weight excluding hydrogens is 108 g/mol. The van der Waals surface area contributed by atoms with Crippen LogP contribution in [0, 0.1) is 12.3 Å². The summed E-state index contributed by atoms with van der Waals surface area (Å²) in [6.07, 6.45) is 5.62. The Morgan fingerprint density at radius 1 is 1.67 bits per heavy atom. The molecule has 0 spiro atoms. The van der Waals surface area contributed by atoms with Gasteiger partial charge in [0, 0.05) is 6.42 Å². The Kier molecular flexibility index (Phi) is 46.5. The number of terminal acetylenes is 1. The van der Waals surface area contributed by atoms with E-state index in [4.69, 9.17) is 6.42 Å². The van der Waals surface area contributed by atoms with E-state index in [9.17, 15) is 0 Å². The van der Waals surface area contributed by atoms with Crippen molar-refractivity contribution in [2.45, 2.75) is 13.3 Å². The lowest BCUT2D eigenvalue weighted by atomic mass is 10.5. The van der Waals surface area contributed by atoms with Crippen LogP contribution in [0.2, 0.25) is 0 Å². The minimum absolute atomic E-state index is 0. The van der Waals surface area contributed by atoms with Crippen molar-refractivity contribution in [1.82, 2.24) is 0 Å². The Hall–Kier alpha value is 0.616. The van der Waals surface area contributed by atoms with Gasteiger partial charge >= 0.3 is 23.1 Å². The first-order valence-corrected chi connectivity index (χ1v) is 1.35. The molecule has 0 rings (SSSR count). The van der Waals surface area contributed by atoms with E-state index in [1.807, 2.05) is 6.92 Å². The minimum atomic E-state index is 0. The predicted octanol–water partition coefficient (Wildman–Crippen LogP) is 0.535. The van der Waals surface area contributed by atoms with Crippen molar-refractivity contribution in [3.8, 4) is 12.3 Å². The van der Waals surface area contributed by atoms with Crippen LogP contribution in [0.25, 0.3) is 0 Å². The van der Waals surface area contributed by atoms with Crippen LogP contribution in [-0.4, -0.2) is 23.1 Å². The Morgan fingerprint density at radius 2 is 1.83 bits per heavy atom. The van der Waals surface area contributed by atoms with Crippen molar-refractivity contribution in [3.05, 3.63) is 0 Å². The molecule has 6 heavy (non-hydrogen) atoms. The molecule has 0 radical (unpaired) electrons. The van der Waals surface area contributed by atoms with Gasteiger partial charge < -0.3 is 0 Å². The highest BCUT2D eigenvalue weighted by atomic mass is 35.5. The predicted molar refractivity (Wildman–Crippen MR) is 34.9 cm³/mol. The third-order valence-corrected chi connectivity index (χ3v) is 0.204. The SMILES string of the molecule is C#CCC.Cl.[MgH2]. The van der Waals surface area contributed by atoms with Gasteiger partial charge in [-0.3, -0.25) is 0 Å². The van der Waals surface area contributed by atoms with Gasteiger partial charge in [-0.1, -0.05) is 6.92 Å². The molecule has 0 aliphatic rings. The van der Waals surface area contributed by atoms with Crippen molar-refractivity contribution in [3.63, 3.8) is 0 Å². The van der Waals surface area contributed by atoms with E-state index in [0.717, 1.165) is 6.42 Å². The standard InChI is InChI=1S/C4H6.ClH.Mg.2H/c1-3-4-2;;;;/h1H,4H2,2H3;1H;;;. The lowest BCUT2D eigenvalue weighted by molar-refractivity contribution is 1.28. The van der Waals surface area contributed by atoms with Gasteiger partial charge in [0.05, 0.1) is 0 Å². The molecule has 0 aliphatic heterocycles. The smallest absolute Gasteiger partial charge is 0.147 e. The third-order valence-electron chi connectivity index (χ3n) is 0.204. The molecule has 0 atom stereocenters. The molecule has 0 aliphatic carbocycles. The number of hydrogen-bond acceptors (Lipinski definition) is 0. The zero-order valence-corrected chi connectivity index (χ0v) is 4.01. The quantitative estimate of drug-likeness (QED) is 0.320. The largest absolute Gasteiger partial charge is 0.316 e. The Labute approximate surface area is 61.3 Å². The summed E-state index contributed by atoms with van der Waals surface area (Å²) in [6.45, 7) is 1.94. The van der Waals surface area contributed by atoms with E-state index in [0.29, 0.717) is 0 Å². The van der Waals surface area contributed by atoms with E-state index in [-0.39, 0.29) is 35.5 Å². The molecule has 0 aromatic heterocycles. The van der Waals surface area contributed by atoms with Gasteiger partial charge in [0.15, 0.2) is 0 Å². The van der Waals surface area contributed by atoms with Crippen LogP contribution in [0.5, 0.6) is 0 Å². The Bertz CT molecular complexity index is 37.3. The molecule has 0 nitrogen and oxygen atoms in total. The maximum absolute atomic E-state index is 4.78. The molecule has 34 valence electrons. The summed E-state index contributed by atoms with van der Waals surface area (Å²) in [7, 11) is 0. The van der Waals surface area contributed by atoms with Crippen LogP contribution < -0.4 is 0 Å². The monoisotopic (exact) mass is 116 g/mol. The zero-order chi connectivity index (χ0) is 3.41. The number of halogens is 1. The van der Waals surface area contributed by atoms with Gasteiger partial charge in [-0.15, -0.1) is 24.8 Å². The molecule has 0 fully saturated rings. The first kappa shape index (κ1) is 16.0. The second-order valence-corrected chi connectivity index (χ2v) is 0.558. The molecule has 0 bridgehead atoms. The molecular formula is C4H9ClMg. The highest BCUT2D eigenvalue weighted by Gasteiger charge is 1.43. The van der Waals surface area contributed by atoms with E-state index in [1.54, 1.807) is 0 Å². The highest BCUT2D eigenvalue weighted by Crippen LogP contribution is 1.58. The van der Waals surface area contributed by atoms with Gasteiger partial charge in [-0.05, 0) is 0 Å². The van der Waals surface area contributed by atoms with Crippen LogP contribution in [0.3, 0.4) is 0 Å². The van der Waals surface area contributed by atoms with Crippen LogP contribution in [0.4, 0.5) is 0 Å². The summed E-state index contributed by atoms with van der Waals surface area (Å²) < 4.78 is 0. The van der Waals surface area contributed by atoms with Crippen LogP contribution >= 0.6 is 12.4 Å². The second-order valence-electron chi connectivity index (χ2n) is 0.558. The average molecular weight is 117 g/mol. The second kappa shape index (κ2) is 17.5. The van der Waals surface area contributed by atoms with Crippen LogP contribution in [0.1, 0.15) is 13.3 Å². The van der Waals surface area contributed by atoms with Gasteiger partial charge in [-0.25, -0.2) is 0 Å². The maximum Gasteiger partial charge on any atom is 0.316 e. The van der Waals surface area contributed by atoms with Crippen molar-refractivity contribution >= 4 is 35.5 Å². The van der Waals surface area contributed by atoms with E-state index in [2.05, 4.69) is 5.92 Å². The van der Waals surface area contributed by atoms with Crippen molar-refractivity contribution in [1.29, 1.82) is 0 Å². The summed E-state index contributed by atoms with van der Waals surface area (Å²) in [6, 6.07) is 0. The van der Waals surface area contributed by atoms with E-state index >= 15 is 0 Å². The summed E-state index contributed by atoms with van der Waals surface area (Å²) in [5, 5.41) is 0. The maximum atomic E-state index is 4.78. The Morgan fingerprint density at radius 3 is 1.83 bits per heavy atom. The fourth-order valence-corrected chi connectivity index (χ4v) is 0. The minimum Gasteiger partial charge on any atom is -0.147 e. The first-order chi connectivity index (χ1) is 1.91. The van der Waals surface area contributed by atoms with Crippen LogP contribution in [-0.2, 0) is 0 Å². The molecule has 0 unspecified atom stereocenters. The Balaban J connectivity index is -0.0000000450. The van der Waals surface area contributed by atoms with E-state index < -0.39 is 0 Å². The van der Waals surface area contributed by atoms with Crippen molar-refractivity contribution in [2.24, 2.45) is 0 Å². The third kappa shape index (κ3) is 23.1. The first-order valence-electron chi connectivity index (χ1n) is 1.35. The summed E-state index contributed by atoms with van der Waals surface area (Å²) in [5.41, 5.74) is 0. The molecule has 0 amide bonds. The lowest BCUT2D eigenvalue weighted by Gasteiger charge is -1.52.